The molecule has 0 aliphatic heterocycles. The summed E-state index contributed by atoms with van der Waals surface area (Å²) in [6.45, 7) is 0.291. The molecule has 0 N–H and O–H groups in total. The predicted octanol–water partition coefficient (Wildman–Crippen LogP) is 5.01. The van der Waals surface area contributed by atoms with Crippen LogP contribution in [0.3, 0.4) is 0 Å². The Morgan fingerprint density at radius 2 is 1.62 bits per heavy atom. The summed E-state index contributed by atoms with van der Waals surface area (Å²) in [4.78, 5) is 11.3. The summed E-state index contributed by atoms with van der Waals surface area (Å²) in [7, 11) is 1.34. The Balaban J connectivity index is 2.06. The van der Waals surface area contributed by atoms with E-state index in [1.54, 1.807) is 30.3 Å². The fraction of sp³-hybridized carbons (Fsp3) is 0.133. The maximum Gasteiger partial charge on any atom is 0.337 e. The number of hydrogen-bond donors (Lipinski definition) is 0. The summed E-state index contributed by atoms with van der Waals surface area (Å²) in [5.74, 6) is 0.0677. The summed E-state index contributed by atoms with van der Waals surface area (Å²) in [5, 5.41) is 1.13. The highest BCUT2D eigenvalue weighted by atomic mass is 35.5. The van der Waals surface area contributed by atoms with Crippen LogP contribution in [-0.4, -0.2) is 13.1 Å². The number of rotatable bonds is 4. The van der Waals surface area contributed by atoms with Crippen molar-refractivity contribution < 1.29 is 14.3 Å². The van der Waals surface area contributed by atoms with E-state index in [0.29, 0.717) is 33.0 Å². The zero-order chi connectivity index (χ0) is 15.4. The number of methoxy groups -OCH3 is 1. The Hall–Kier alpha value is -1.42. The fourth-order valence-corrected chi connectivity index (χ4v) is 2.22. The number of halogens is 3. The van der Waals surface area contributed by atoms with Crippen molar-refractivity contribution in [1.82, 2.24) is 0 Å². The molecule has 2 aromatic carbocycles. The smallest absolute Gasteiger partial charge is 0.337 e. The van der Waals surface area contributed by atoms with Crippen LogP contribution in [0.4, 0.5) is 0 Å². The molecule has 0 atom stereocenters. The minimum absolute atomic E-state index is 0.291. The van der Waals surface area contributed by atoms with Crippen LogP contribution >= 0.6 is 34.8 Å². The summed E-state index contributed by atoms with van der Waals surface area (Å²) in [5.41, 5.74) is 1.36. The van der Waals surface area contributed by atoms with E-state index in [1.165, 1.54) is 13.2 Å². The van der Waals surface area contributed by atoms with E-state index in [9.17, 15) is 4.79 Å². The van der Waals surface area contributed by atoms with Gasteiger partial charge in [-0.2, -0.15) is 0 Å². The van der Waals surface area contributed by atoms with Crippen LogP contribution in [-0.2, 0) is 11.3 Å². The first-order chi connectivity index (χ1) is 10.0. The maximum atomic E-state index is 11.3. The molecular formula is C15H11Cl3O3. The van der Waals surface area contributed by atoms with Gasteiger partial charge in [-0.05, 0) is 23.8 Å². The zero-order valence-corrected chi connectivity index (χ0v) is 13.3. The lowest BCUT2D eigenvalue weighted by Gasteiger charge is -2.09. The van der Waals surface area contributed by atoms with Crippen LogP contribution in [0.1, 0.15) is 15.9 Å². The topological polar surface area (TPSA) is 35.5 Å². The molecule has 0 bridgehead atoms. The van der Waals surface area contributed by atoms with E-state index in [0.717, 1.165) is 5.56 Å². The van der Waals surface area contributed by atoms with Crippen LogP contribution in [0.5, 0.6) is 5.75 Å². The van der Waals surface area contributed by atoms with Gasteiger partial charge in [0.05, 0.1) is 27.7 Å². The molecule has 21 heavy (non-hydrogen) atoms. The number of benzene rings is 2. The lowest BCUT2D eigenvalue weighted by atomic mass is 10.1. The van der Waals surface area contributed by atoms with E-state index in [4.69, 9.17) is 39.5 Å². The monoisotopic (exact) mass is 344 g/mol. The van der Waals surface area contributed by atoms with Gasteiger partial charge in [0.25, 0.3) is 0 Å². The third-order valence-electron chi connectivity index (χ3n) is 2.74. The lowest BCUT2D eigenvalue weighted by molar-refractivity contribution is 0.0600. The van der Waals surface area contributed by atoms with Crippen molar-refractivity contribution in [1.29, 1.82) is 0 Å². The Morgan fingerprint density at radius 3 is 2.24 bits per heavy atom. The first kappa shape index (κ1) is 16.0. The van der Waals surface area contributed by atoms with Crippen molar-refractivity contribution in [3.05, 3.63) is 62.6 Å². The third kappa shape index (κ3) is 4.03. The second kappa shape index (κ2) is 7.03. The van der Waals surface area contributed by atoms with Crippen LogP contribution in [0.25, 0.3) is 0 Å². The molecule has 0 saturated carbocycles. The Morgan fingerprint density at radius 1 is 1.00 bits per heavy atom. The van der Waals surface area contributed by atoms with E-state index in [2.05, 4.69) is 4.74 Å². The molecule has 0 aliphatic carbocycles. The Labute approximate surface area is 137 Å². The van der Waals surface area contributed by atoms with Gasteiger partial charge < -0.3 is 9.47 Å². The van der Waals surface area contributed by atoms with Crippen LogP contribution in [0, 0.1) is 0 Å². The van der Waals surface area contributed by atoms with Crippen molar-refractivity contribution in [3.63, 3.8) is 0 Å². The van der Waals surface area contributed by atoms with Gasteiger partial charge in [0.2, 0.25) is 0 Å². The van der Waals surface area contributed by atoms with Gasteiger partial charge in [-0.3, -0.25) is 0 Å². The molecule has 0 spiro atoms. The Bertz CT molecular complexity index is 654. The van der Waals surface area contributed by atoms with Crippen molar-refractivity contribution in [2.75, 3.05) is 7.11 Å². The van der Waals surface area contributed by atoms with Gasteiger partial charge in [-0.1, -0.05) is 46.9 Å². The number of carbonyl (C=O) groups excluding carboxylic acids is 1. The normalized spacial score (nSPS) is 10.3. The molecular weight excluding hydrogens is 335 g/mol. The van der Waals surface area contributed by atoms with Crippen molar-refractivity contribution in [3.8, 4) is 5.75 Å². The minimum Gasteiger partial charge on any atom is -0.487 e. The molecule has 0 saturated heterocycles. The molecule has 0 fully saturated rings. The lowest BCUT2D eigenvalue weighted by Crippen LogP contribution is -2.02. The van der Waals surface area contributed by atoms with E-state index in [-0.39, 0.29) is 5.97 Å². The summed E-state index contributed by atoms with van der Waals surface area (Å²) < 4.78 is 10.2. The average Bonchev–Trinajstić information content (AvgIpc) is 2.49. The molecule has 0 unspecified atom stereocenters. The molecule has 2 rings (SSSR count). The molecule has 110 valence electrons. The van der Waals surface area contributed by atoms with E-state index in [1.807, 2.05) is 0 Å². The van der Waals surface area contributed by atoms with E-state index >= 15 is 0 Å². The predicted molar refractivity (Wildman–Crippen MR) is 83.6 cm³/mol. The van der Waals surface area contributed by atoms with Gasteiger partial charge in [-0.25, -0.2) is 4.79 Å². The van der Waals surface area contributed by atoms with Gasteiger partial charge in [0.15, 0.2) is 0 Å². The number of esters is 1. The zero-order valence-electron chi connectivity index (χ0n) is 11.0. The van der Waals surface area contributed by atoms with Crippen LogP contribution < -0.4 is 4.74 Å². The fourth-order valence-electron chi connectivity index (χ4n) is 1.63. The standard InChI is InChI=1S/C15H11Cl3O3/c1-20-15(19)10-4-2-9(3-5-10)8-21-14-7-12(17)11(16)6-13(14)18/h2-7H,8H2,1H3. The molecule has 3 nitrogen and oxygen atoms in total. The van der Waals surface area contributed by atoms with E-state index < -0.39 is 0 Å². The summed E-state index contributed by atoms with van der Waals surface area (Å²) in [6, 6.07) is 9.98. The molecule has 6 heteroatoms. The van der Waals surface area contributed by atoms with Gasteiger partial charge in [0, 0.05) is 6.07 Å². The summed E-state index contributed by atoms with van der Waals surface area (Å²) in [6.07, 6.45) is 0. The highest BCUT2D eigenvalue weighted by Gasteiger charge is 2.08. The van der Waals surface area contributed by atoms with Crippen LogP contribution in [0.15, 0.2) is 36.4 Å². The molecule has 0 radical (unpaired) electrons. The van der Waals surface area contributed by atoms with Crippen molar-refractivity contribution in [2.24, 2.45) is 0 Å². The first-order valence-corrected chi connectivity index (χ1v) is 7.09. The van der Waals surface area contributed by atoms with Gasteiger partial charge in [-0.15, -0.1) is 0 Å². The highest BCUT2D eigenvalue weighted by Crippen LogP contribution is 2.34. The maximum absolute atomic E-state index is 11.3. The summed E-state index contributed by atoms with van der Waals surface area (Å²) >= 11 is 17.8. The average molecular weight is 346 g/mol. The van der Waals surface area contributed by atoms with Crippen molar-refractivity contribution >= 4 is 40.8 Å². The molecule has 0 aliphatic rings. The number of carbonyl (C=O) groups is 1. The number of ether oxygens (including phenoxy) is 2. The largest absolute Gasteiger partial charge is 0.487 e. The second-order valence-electron chi connectivity index (χ2n) is 4.17. The van der Waals surface area contributed by atoms with Crippen molar-refractivity contribution in [2.45, 2.75) is 6.61 Å². The highest BCUT2D eigenvalue weighted by molar-refractivity contribution is 6.43. The van der Waals surface area contributed by atoms with Gasteiger partial charge in [0.1, 0.15) is 12.4 Å². The minimum atomic E-state index is -0.380. The Kier molecular flexibility index (Phi) is 5.34. The third-order valence-corrected chi connectivity index (χ3v) is 3.76. The molecule has 0 heterocycles. The quantitative estimate of drug-likeness (QED) is 0.577. The SMILES string of the molecule is COC(=O)c1ccc(COc2cc(Cl)c(Cl)cc2Cl)cc1. The second-order valence-corrected chi connectivity index (χ2v) is 5.40. The molecule has 2 aromatic rings. The van der Waals surface area contributed by atoms with Gasteiger partial charge >= 0.3 is 5.97 Å². The molecule has 0 aromatic heterocycles. The number of hydrogen-bond acceptors (Lipinski definition) is 3. The molecule has 0 amide bonds. The first-order valence-electron chi connectivity index (χ1n) is 5.96. The van der Waals surface area contributed by atoms with Crippen LogP contribution in [0.2, 0.25) is 15.1 Å².